The van der Waals surface area contributed by atoms with E-state index in [2.05, 4.69) is 32.4 Å². The predicted octanol–water partition coefficient (Wildman–Crippen LogP) is 2.75. The molecule has 2 heterocycles. The summed E-state index contributed by atoms with van der Waals surface area (Å²) in [6, 6.07) is 1.95. The van der Waals surface area contributed by atoms with Crippen LogP contribution in [0.15, 0.2) is 6.07 Å². The first-order valence-electron chi connectivity index (χ1n) is 7.30. The molecule has 0 bridgehead atoms. The Labute approximate surface area is 125 Å². The summed E-state index contributed by atoms with van der Waals surface area (Å²) < 4.78 is 5.38. The van der Waals surface area contributed by atoms with Crippen LogP contribution >= 0.6 is 11.8 Å². The number of ether oxygens (including phenoxy) is 1. The molecule has 20 heavy (non-hydrogen) atoms. The van der Waals surface area contributed by atoms with Gasteiger partial charge in [0.25, 0.3) is 0 Å². The second-order valence-electron chi connectivity index (χ2n) is 4.81. The molecule has 1 atom stereocenters. The van der Waals surface area contributed by atoms with Crippen LogP contribution in [0.4, 0.5) is 11.6 Å². The van der Waals surface area contributed by atoms with E-state index in [0.717, 1.165) is 24.0 Å². The lowest BCUT2D eigenvalue weighted by atomic mass is 10.2. The van der Waals surface area contributed by atoms with E-state index >= 15 is 0 Å². The van der Waals surface area contributed by atoms with E-state index < -0.39 is 0 Å². The molecule has 1 aromatic heterocycles. The normalized spacial score (nSPS) is 18.8. The van der Waals surface area contributed by atoms with Crippen LogP contribution < -0.4 is 10.6 Å². The molecule has 1 aliphatic rings. The molecule has 1 unspecified atom stereocenters. The van der Waals surface area contributed by atoms with E-state index in [1.807, 2.05) is 20.0 Å². The Balaban J connectivity index is 1.94. The summed E-state index contributed by atoms with van der Waals surface area (Å²) in [6.45, 7) is 4.08. The highest BCUT2D eigenvalue weighted by Gasteiger charge is 2.14. The molecule has 6 heteroatoms. The Hall–Kier alpha value is -1.01. The molecule has 1 fully saturated rings. The minimum atomic E-state index is 0.457. The Kier molecular flexibility index (Phi) is 6.39. The number of hydrogen-bond acceptors (Lipinski definition) is 6. The average Bonchev–Trinajstić information content (AvgIpc) is 2.51. The second kappa shape index (κ2) is 8.32. The van der Waals surface area contributed by atoms with Gasteiger partial charge in [-0.1, -0.05) is 6.42 Å². The standard InChI is InChI=1S/C14H24N4OS/c1-3-19-10-14-17-12(15-2)8-13(18-14)16-9-11-6-4-5-7-20-11/h8,11H,3-7,9-10H2,1-2H3,(H2,15,16,17,18). The third kappa shape index (κ3) is 4.83. The van der Waals surface area contributed by atoms with Gasteiger partial charge in [0, 0.05) is 31.5 Å². The van der Waals surface area contributed by atoms with Crippen molar-refractivity contribution in [2.24, 2.45) is 0 Å². The molecular formula is C14H24N4OS. The maximum Gasteiger partial charge on any atom is 0.158 e. The quantitative estimate of drug-likeness (QED) is 0.807. The minimum absolute atomic E-state index is 0.457. The van der Waals surface area contributed by atoms with Gasteiger partial charge < -0.3 is 15.4 Å². The number of thioether (sulfide) groups is 1. The van der Waals surface area contributed by atoms with Gasteiger partial charge in [0.15, 0.2) is 5.82 Å². The fourth-order valence-corrected chi connectivity index (χ4v) is 3.40. The number of aromatic nitrogens is 2. The first kappa shape index (κ1) is 15.4. The summed E-state index contributed by atoms with van der Waals surface area (Å²) in [5.41, 5.74) is 0. The number of hydrogen-bond donors (Lipinski definition) is 2. The van der Waals surface area contributed by atoms with Gasteiger partial charge in [-0.2, -0.15) is 11.8 Å². The van der Waals surface area contributed by atoms with Gasteiger partial charge in [0.05, 0.1) is 0 Å². The molecule has 1 aromatic rings. The highest BCUT2D eigenvalue weighted by atomic mass is 32.2. The first-order valence-corrected chi connectivity index (χ1v) is 8.35. The molecule has 0 aromatic carbocycles. The molecule has 1 saturated heterocycles. The van der Waals surface area contributed by atoms with Crippen LogP contribution in [0, 0.1) is 0 Å². The van der Waals surface area contributed by atoms with Gasteiger partial charge in [-0.25, -0.2) is 9.97 Å². The van der Waals surface area contributed by atoms with Crippen LogP contribution in [-0.2, 0) is 11.3 Å². The monoisotopic (exact) mass is 296 g/mol. The predicted molar refractivity (Wildman–Crippen MR) is 85.5 cm³/mol. The molecule has 0 amide bonds. The van der Waals surface area contributed by atoms with Crippen LogP contribution in [0.1, 0.15) is 32.0 Å². The smallest absolute Gasteiger partial charge is 0.158 e. The van der Waals surface area contributed by atoms with Gasteiger partial charge in [-0.3, -0.25) is 0 Å². The van der Waals surface area contributed by atoms with Crippen LogP contribution in [-0.4, -0.2) is 41.2 Å². The van der Waals surface area contributed by atoms with Gasteiger partial charge in [-0.05, 0) is 25.5 Å². The van der Waals surface area contributed by atoms with Crippen molar-refractivity contribution in [3.8, 4) is 0 Å². The maximum absolute atomic E-state index is 5.38. The van der Waals surface area contributed by atoms with E-state index in [9.17, 15) is 0 Å². The summed E-state index contributed by atoms with van der Waals surface area (Å²) in [5.74, 6) is 3.71. The lowest BCUT2D eigenvalue weighted by Crippen LogP contribution is -2.21. The number of anilines is 2. The van der Waals surface area contributed by atoms with Crippen LogP contribution in [0.25, 0.3) is 0 Å². The van der Waals surface area contributed by atoms with Gasteiger partial charge in [0.2, 0.25) is 0 Å². The fraction of sp³-hybridized carbons (Fsp3) is 0.714. The largest absolute Gasteiger partial charge is 0.374 e. The van der Waals surface area contributed by atoms with E-state index in [4.69, 9.17) is 4.74 Å². The summed E-state index contributed by atoms with van der Waals surface area (Å²) in [6.07, 6.45) is 4.00. The lowest BCUT2D eigenvalue weighted by molar-refractivity contribution is 0.128. The van der Waals surface area contributed by atoms with E-state index in [1.54, 1.807) is 0 Å². The topological polar surface area (TPSA) is 59.1 Å². The highest BCUT2D eigenvalue weighted by Crippen LogP contribution is 2.25. The molecular weight excluding hydrogens is 272 g/mol. The molecule has 5 nitrogen and oxygen atoms in total. The van der Waals surface area contributed by atoms with Gasteiger partial charge in [-0.15, -0.1) is 0 Å². The Bertz CT molecular complexity index is 410. The van der Waals surface area contributed by atoms with E-state index in [0.29, 0.717) is 18.5 Å². The van der Waals surface area contributed by atoms with Gasteiger partial charge in [0.1, 0.15) is 18.2 Å². The third-order valence-electron chi connectivity index (χ3n) is 3.25. The zero-order valence-electron chi connectivity index (χ0n) is 12.3. The number of rotatable bonds is 7. The van der Waals surface area contributed by atoms with Crippen molar-refractivity contribution in [3.05, 3.63) is 11.9 Å². The Morgan fingerprint density at radius 1 is 1.35 bits per heavy atom. The molecule has 0 radical (unpaired) electrons. The van der Waals surface area contributed by atoms with Crippen molar-refractivity contribution in [2.45, 2.75) is 38.0 Å². The molecule has 2 N–H and O–H groups in total. The Morgan fingerprint density at radius 3 is 2.90 bits per heavy atom. The zero-order valence-corrected chi connectivity index (χ0v) is 13.1. The van der Waals surface area contributed by atoms with Crippen molar-refractivity contribution in [1.82, 2.24) is 9.97 Å². The summed E-state index contributed by atoms with van der Waals surface area (Å²) in [5, 5.41) is 7.21. The SMILES string of the molecule is CCOCc1nc(NC)cc(NCC2CCCCS2)n1. The lowest BCUT2D eigenvalue weighted by Gasteiger charge is -2.21. The van der Waals surface area contributed by atoms with Crippen molar-refractivity contribution in [3.63, 3.8) is 0 Å². The summed E-state index contributed by atoms with van der Waals surface area (Å²) >= 11 is 2.06. The summed E-state index contributed by atoms with van der Waals surface area (Å²) in [7, 11) is 1.87. The number of nitrogens with zero attached hydrogens (tertiary/aromatic N) is 2. The van der Waals surface area contributed by atoms with Gasteiger partial charge >= 0.3 is 0 Å². The molecule has 0 saturated carbocycles. The molecule has 0 aliphatic carbocycles. The second-order valence-corrected chi connectivity index (χ2v) is 6.22. The number of nitrogens with one attached hydrogen (secondary N) is 2. The van der Waals surface area contributed by atoms with Crippen molar-refractivity contribution >= 4 is 23.4 Å². The van der Waals surface area contributed by atoms with E-state index in [-0.39, 0.29) is 0 Å². The van der Waals surface area contributed by atoms with E-state index in [1.165, 1.54) is 25.0 Å². The minimum Gasteiger partial charge on any atom is -0.374 e. The van der Waals surface area contributed by atoms with Crippen LogP contribution in [0.3, 0.4) is 0 Å². The summed E-state index contributed by atoms with van der Waals surface area (Å²) in [4.78, 5) is 8.90. The highest BCUT2D eigenvalue weighted by molar-refractivity contribution is 7.99. The first-order chi connectivity index (χ1) is 9.81. The molecule has 1 aliphatic heterocycles. The van der Waals surface area contributed by atoms with Crippen LogP contribution in [0.5, 0.6) is 0 Å². The molecule has 2 rings (SSSR count). The average molecular weight is 296 g/mol. The Morgan fingerprint density at radius 2 is 2.20 bits per heavy atom. The van der Waals surface area contributed by atoms with Crippen molar-refractivity contribution < 1.29 is 4.74 Å². The fourth-order valence-electron chi connectivity index (χ4n) is 2.16. The third-order valence-corrected chi connectivity index (χ3v) is 4.65. The molecule has 112 valence electrons. The molecule has 0 spiro atoms. The zero-order chi connectivity index (χ0) is 14.2. The van der Waals surface area contributed by atoms with Crippen molar-refractivity contribution in [1.29, 1.82) is 0 Å². The maximum atomic E-state index is 5.38. The van der Waals surface area contributed by atoms with Crippen molar-refractivity contribution in [2.75, 3.05) is 36.6 Å². The van der Waals surface area contributed by atoms with Crippen LogP contribution in [0.2, 0.25) is 0 Å².